The zero-order valence-electron chi connectivity index (χ0n) is 10.3. The number of carbonyl (C=O) groups is 2. The number of aromatic amines is 1. The molecule has 1 aromatic rings. The van der Waals surface area contributed by atoms with Crippen LogP contribution in [0.25, 0.3) is 0 Å². The second-order valence-corrected chi connectivity index (χ2v) is 3.67. The number of amides is 1. The Kier molecular flexibility index (Phi) is 4.68. The van der Waals surface area contributed by atoms with Crippen molar-refractivity contribution in [2.75, 3.05) is 6.61 Å². The van der Waals surface area contributed by atoms with Crippen LogP contribution in [-0.2, 0) is 20.9 Å². The van der Waals surface area contributed by atoms with Gasteiger partial charge in [-0.3, -0.25) is 14.7 Å². The Hall–Kier alpha value is -1.85. The van der Waals surface area contributed by atoms with Crippen molar-refractivity contribution in [1.82, 2.24) is 15.5 Å². The van der Waals surface area contributed by atoms with Gasteiger partial charge in [-0.2, -0.15) is 5.10 Å². The van der Waals surface area contributed by atoms with Crippen molar-refractivity contribution in [2.45, 2.75) is 33.7 Å². The summed E-state index contributed by atoms with van der Waals surface area (Å²) in [6.07, 6.45) is -0.246. The topological polar surface area (TPSA) is 84.1 Å². The van der Waals surface area contributed by atoms with Gasteiger partial charge in [0.25, 0.3) is 0 Å². The second-order valence-electron chi connectivity index (χ2n) is 3.67. The monoisotopic (exact) mass is 239 g/mol. The van der Waals surface area contributed by atoms with Crippen molar-refractivity contribution in [3.05, 3.63) is 17.0 Å². The predicted octanol–water partition coefficient (Wildman–Crippen LogP) is 0.596. The highest BCUT2D eigenvalue weighted by molar-refractivity contribution is 5.94. The Morgan fingerprint density at radius 3 is 2.65 bits per heavy atom. The van der Waals surface area contributed by atoms with Crippen LogP contribution in [0.15, 0.2) is 0 Å². The molecule has 6 heteroatoms. The van der Waals surface area contributed by atoms with E-state index in [1.807, 2.05) is 13.8 Å². The van der Waals surface area contributed by atoms with Gasteiger partial charge in [-0.15, -0.1) is 0 Å². The number of nitrogens with one attached hydrogen (secondary N) is 2. The molecule has 2 N–H and O–H groups in total. The van der Waals surface area contributed by atoms with E-state index in [9.17, 15) is 9.59 Å². The maximum absolute atomic E-state index is 11.4. The lowest BCUT2D eigenvalue weighted by Crippen LogP contribution is -2.26. The van der Waals surface area contributed by atoms with Crippen LogP contribution >= 0.6 is 0 Å². The maximum atomic E-state index is 11.4. The van der Waals surface area contributed by atoms with Gasteiger partial charge in [0.2, 0.25) is 5.91 Å². The van der Waals surface area contributed by atoms with Gasteiger partial charge in [-0.25, -0.2) is 0 Å². The fourth-order valence-corrected chi connectivity index (χ4v) is 1.43. The first kappa shape index (κ1) is 13.2. The van der Waals surface area contributed by atoms with Crippen molar-refractivity contribution >= 4 is 11.9 Å². The van der Waals surface area contributed by atoms with Crippen LogP contribution in [0.2, 0.25) is 0 Å². The van der Waals surface area contributed by atoms with Crippen LogP contribution in [0.4, 0.5) is 0 Å². The van der Waals surface area contributed by atoms with Gasteiger partial charge in [0.1, 0.15) is 6.42 Å². The first-order chi connectivity index (χ1) is 8.04. The van der Waals surface area contributed by atoms with Crippen LogP contribution in [0, 0.1) is 13.8 Å². The minimum absolute atomic E-state index is 0.246. The number of hydrogen-bond acceptors (Lipinski definition) is 4. The van der Waals surface area contributed by atoms with E-state index in [1.165, 1.54) is 0 Å². The van der Waals surface area contributed by atoms with Crippen molar-refractivity contribution in [1.29, 1.82) is 0 Å². The van der Waals surface area contributed by atoms with Crippen molar-refractivity contribution in [3.8, 4) is 0 Å². The number of nitrogens with zero attached hydrogens (tertiary/aromatic N) is 1. The van der Waals surface area contributed by atoms with Gasteiger partial charge in [-0.1, -0.05) is 0 Å². The minimum Gasteiger partial charge on any atom is -0.466 e. The molecule has 0 aliphatic rings. The lowest BCUT2D eigenvalue weighted by atomic mass is 10.2. The van der Waals surface area contributed by atoms with E-state index in [2.05, 4.69) is 20.3 Å². The van der Waals surface area contributed by atoms with Crippen LogP contribution in [0.1, 0.15) is 30.3 Å². The summed E-state index contributed by atoms with van der Waals surface area (Å²) in [6.45, 7) is 6.09. The average molecular weight is 239 g/mol. The van der Waals surface area contributed by atoms with E-state index in [0.29, 0.717) is 6.54 Å². The summed E-state index contributed by atoms with van der Waals surface area (Å²) in [5, 5.41) is 9.50. The standard InChI is InChI=1S/C11H17N3O3/c1-4-17-11(16)5-10(15)12-6-9-7(2)13-14-8(9)3/h4-6H2,1-3H3,(H,12,15)(H,13,14). The molecule has 1 amide bonds. The number of aryl methyl sites for hydroxylation is 2. The number of rotatable bonds is 5. The summed E-state index contributed by atoms with van der Waals surface area (Å²) >= 11 is 0. The second kappa shape index (κ2) is 6.03. The Balaban J connectivity index is 2.41. The van der Waals surface area contributed by atoms with Crippen LogP contribution in [0.3, 0.4) is 0 Å². The molecular weight excluding hydrogens is 222 g/mol. The summed E-state index contributed by atoms with van der Waals surface area (Å²) in [6, 6.07) is 0. The van der Waals surface area contributed by atoms with Gasteiger partial charge in [0.05, 0.1) is 12.3 Å². The van der Waals surface area contributed by atoms with Crippen LogP contribution in [-0.4, -0.2) is 28.7 Å². The molecule has 0 unspecified atom stereocenters. The molecule has 0 aromatic carbocycles. The number of H-pyrrole nitrogens is 1. The normalized spacial score (nSPS) is 10.1. The zero-order valence-corrected chi connectivity index (χ0v) is 10.3. The van der Waals surface area contributed by atoms with Crippen molar-refractivity contribution < 1.29 is 14.3 Å². The summed E-state index contributed by atoms with van der Waals surface area (Å²) in [5.74, 6) is -0.853. The fraction of sp³-hybridized carbons (Fsp3) is 0.545. The molecule has 0 saturated heterocycles. The Morgan fingerprint density at radius 2 is 2.12 bits per heavy atom. The van der Waals surface area contributed by atoms with E-state index in [4.69, 9.17) is 0 Å². The van der Waals surface area contributed by atoms with Crippen molar-refractivity contribution in [3.63, 3.8) is 0 Å². The minimum atomic E-state index is -0.509. The largest absolute Gasteiger partial charge is 0.466 e. The molecule has 0 atom stereocenters. The molecule has 0 spiro atoms. The maximum Gasteiger partial charge on any atom is 0.315 e. The molecule has 1 heterocycles. The molecule has 94 valence electrons. The number of hydrogen-bond donors (Lipinski definition) is 2. The van der Waals surface area contributed by atoms with Crippen LogP contribution < -0.4 is 5.32 Å². The van der Waals surface area contributed by atoms with Gasteiger partial charge >= 0.3 is 5.97 Å². The Bertz CT molecular complexity index is 393. The molecule has 0 fully saturated rings. The SMILES string of the molecule is CCOC(=O)CC(=O)NCc1c(C)n[nH]c1C. The summed E-state index contributed by atoms with van der Waals surface area (Å²) in [5.41, 5.74) is 2.71. The highest BCUT2D eigenvalue weighted by atomic mass is 16.5. The highest BCUT2D eigenvalue weighted by Crippen LogP contribution is 2.08. The summed E-state index contributed by atoms with van der Waals surface area (Å²) in [4.78, 5) is 22.5. The zero-order chi connectivity index (χ0) is 12.8. The molecule has 6 nitrogen and oxygen atoms in total. The summed E-state index contributed by atoms with van der Waals surface area (Å²) in [7, 11) is 0. The van der Waals surface area contributed by atoms with E-state index in [-0.39, 0.29) is 18.9 Å². The van der Waals surface area contributed by atoms with E-state index >= 15 is 0 Å². The average Bonchev–Trinajstić information content (AvgIpc) is 2.56. The lowest BCUT2D eigenvalue weighted by molar-refractivity contribution is -0.145. The third-order valence-corrected chi connectivity index (χ3v) is 2.35. The highest BCUT2D eigenvalue weighted by Gasteiger charge is 2.12. The van der Waals surface area contributed by atoms with E-state index < -0.39 is 5.97 Å². The van der Waals surface area contributed by atoms with Gasteiger partial charge in [0, 0.05) is 17.8 Å². The van der Waals surface area contributed by atoms with Gasteiger partial charge in [-0.05, 0) is 20.8 Å². The number of aromatic nitrogens is 2. The third-order valence-electron chi connectivity index (χ3n) is 2.35. The Labute approximate surface area is 99.7 Å². The molecular formula is C11H17N3O3. The third kappa shape index (κ3) is 3.90. The fourth-order valence-electron chi connectivity index (χ4n) is 1.43. The molecule has 1 aromatic heterocycles. The first-order valence-electron chi connectivity index (χ1n) is 5.47. The molecule has 0 saturated carbocycles. The van der Waals surface area contributed by atoms with Crippen LogP contribution in [0.5, 0.6) is 0 Å². The molecule has 0 aliphatic heterocycles. The molecule has 0 aliphatic carbocycles. The van der Waals surface area contributed by atoms with Gasteiger partial charge in [0.15, 0.2) is 0 Å². The smallest absolute Gasteiger partial charge is 0.315 e. The lowest BCUT2D eigenvalue weighted by Gasteiger charge is -2.05. The van der Waals surface area contributed by atoms with E-state index in [0.717, 1.165) is 17.0 Å². The first-order valence-corrected chi connectivity index (χ1v) is 5.47. The molecule has 0 radical (unpaired) electrons. The number of carbonyl (C=O) groups excluding carboxylic acids is 2. The molecule has 1 rings (SSSR count). The molecule has 0 bridgehead atoms. The molecule has 17 heavy (non-hydrogen) atoms. The van der Waals surface area contributed by atoms with E-state index in [1.54, 1.807) is 6.92 Å². The van der Waals surface area contributed by atoms with Crippen molar-refractivity contribution in [2.24, 2.45) is 0 Å². The summed E-state index contributed by atoms with van der Waals surface area (Å²) < 4.78 is 4.68. The Morgan fingerprint density at radius 1 is 1.41 bits per heavy atom. The quantitative estimate of drug-likeness (QED) is 0.582. The number of ether oxygens (including phenoxy) is 1. The number of esters is 1. The van der Waals surface area contributed by atoms with Gasteiger partial charge < -0.3 is 10.1 Å². The predicted molar refractivity (Wildman–Crippen MR) is 61.2 cm³/mol.